The molecule has 0 radical (unpaired) electrons. The molecule has 110 valence electrons. The first-order chi connectivity index (χ1) is 9.61. The monoisotopic (exact) mass is 301 g/mol. The predicted molar refractivity (Wildman–Crippen MR) is 72.8 cm³/mol. The van der Waals surface area contributed by atoms with Gasteiger partial charge in [0.2, 0.25) is 0 Å². The third kappa shape index (κ3) is 6.96. The fourth-order valence-electron chi connectivity index (χ4n) is 1.25. The van der Waals surface area contributed by atoms with Crippen LogP contribution in [0.25, 0.3) is 0 Å². The minimum Gasteiger partial charge on any atom is -0.492 e. The lowest BCUT2D eigenvalue weighted by Gasteiger charge is -2.08. The Bertz CT molecular complexity index is 435. The molecule has 1 aromatic rings. The van der Waals surface area contributed by atoms with Crippen LogP contribution in [0, 0.1) is 0 Å². The largest absolute Gasteiger partial charge is 0.492 e. The van der Waals surface area contributed by atoms with Crippen molar-refractivity contribution in [3.8, 4) is 5.75 Å². The van der Waals surface area contributed by atoms with E-state index < -0.39 is 11.9 Å². The van der Waals surface area contributed by atoms with Gasteiger partial charge in [-0.25, -0.2) is 4.79 Å². The Morgan fingerprint density at radius 2 is 1.90 bits per heavy atom. The Morgan fingerprint density at radius 1 is 1.20 bits per heavy atom. The standard InChI is InChI=1S/C13H16ClNO5/c1-18-9-13(17)20-8-12(16)15-6-7-19-11-4-2-10(14)3-5-11/h2-5H,6-9H2,1H3,(H,15,16). The van der Waals surface area contributed by atoms with Gasteiger partial charge in [-0.1, -0.05) is 11.6 Å². The lowest BCUT2D eigenvalue weighted by Crippen LogP contribution is -2.32. The fourth-order valence-corrected chi connectivity index (χ4v) is 1.37. The van der Waals surface area contributed by atoms with E-state index in [-0.39, 0.29) is 13.2 Å². The summed E-state index contributed by atoms with van der Waals surface area (Å²) in [7, 11) is 1.37. The maximum atomic E-state index is 11.3. The van der Waals surface area contributed by atoms with Gasteiger partial charge < -0.3 is 19.5 Å². The lowest BCUT2D eigenvalue weighted by molar-refractivity contribution is -0.152. The van der Waals surface area contributed by atoms with Crippen molar-refractivity contribution in [2.45, 2.75) is 0 Å². The third-order valence-corrected chi connectivity index (χ3v) is 2.39. The molecule has 1 N–H and O–H groups in total. The van der Waals surface area contributed by atoms with E-state index in [2.05, 4.69) is 14.8 Å². The van der Waals surface area contributed by atoms with Gasteiger partial charge in [0, 0.05) is 12.1 Å². The van der Waals surface area contributed by atoms with Gasteiger partial charge in [-0.05, 0) is 24.3 Å². The first-order valence-electron chi connectivity index (χ1n) is 5.91. The second kappa shape index (κ2) is 9.17. The number of hydrogen-bond donors (Lipinski definition) is 1. The summed E-state index contributed by atoms with van der Waals surface area (Å²) < 4.78 is 14.6. The average Bonchev–Trinajstić information content (AvgIpc) is 2.43. The van der Waals surface area contributed by atoms with E-state index in [9.17, 15) is 9.59 Å². The Labute approximate surface area is 122 Å². The fraction of sp³-hybridized carbons (Fsp3) is 0.385. The molecule has 0 fully saturated rings. The predicted octanol–water partition coefficient (Wildman–Crippen LogP) is 1.02. The highest BCUT2D eigenvalue weighted by Gasteiger charge is 2.06. The quantitative estimate of drug-likeness (QED) is 0.573. The van der Waals surface area contributed by atoms with Gasteiger partial charge in [0.05, 0.1) is 6.54 Å². The SMILES string of the molecule is COCC(=O)OCC(=O)NCCOc1ccc(Cl)cc1. The molecule has 20 heavy (non-hydrogen) atoms. The van der Waals surface area contributed by atoms with Gasteiger partial charge in [0.15, 0.2) is 6.61 Å². The van der Waals surface area contributed by atoms with E-state index in [1.807, 2.05) is 0 Å². The number of carbonyl (C=O) groups excluding carboxylic acids is 2. The molecule has 0 saturated heterocycles. The lowest BCUT2D eigenvalue weighted by atomic mass is 10.3. The highest BCUT2D eigenvalue weighted by Crippen LogP contribution is 2.14. The molecule has 0 aromatic heterocycles. The molecule has 0 bridgehead atoms. The van der Waals surface area contributed by atoms with Gasteiger partial charge in [-0.3, -0.25) is 4.79 Å². The first kappa shape index (κ1) is 16.3. The van der Waals surface area contributed by atoms with E-state index in [1.54, 1.807) is 24.3 Å². The summed E-state index contributed by atoms with van der Waals surface area (Å²) in [6.07, 6.45) is 0. The Morgan fingerprint density at radius 3 is 2.55 bits per heavy atom. The molecule has 0 aliphatic heterocycles. The Hall–Kier alpha value is -1.79. The topological polar surface area (TPSA) is 73.9 Å². The number of hydrogen-bond acceptors (Lipinski definition) is 5. The molecule has 6 nitrogen and oxygen atoms in total. The van der Waals surface area contributed by atoms with Crippen LogP contribution in [0.2, 0.25) is 5.02 Å². The summed E-state index contributed by atoms with van der Waals surface area (Å²) in [5.41, 5.74) is 0. The molecule has 7 heteroatoms. The van der Waals surface area contributed by atoms with Crippen LogP contribution in [0.4, 0.5) is 0 Å². The summed E-state index contributed by atoms with van der Waals surface area (Å²) >= 11 is 5.73. The number of ether oxygens (including phenoxy) is 3. The van der Waals surface area contributed by atoms with Crippen LogP contribution in [0.5, 0.6) is 5.75 Å². The molecule has 1 amide bonds. The number of methoxy groups -OCH3 is 1. The molecule has 0 unspecified atom stereocenters. The van der Waals surface area contributed by atoms with Crippen LogP contribution >= 0.6 is 11.6 Å². The number of nitrogens with one attached hydrogen (secondary N) is 1. The zero-order chi connectivity index (χ0) is 14.8. The maximum Gasteiger partial charge on any atom is 0.332 e. The number of halogens is 1. The van der Waals surface area contributed by atoms with Crippen LogP contribution in [-0.2, 0) is 19.1 Å². The highest BCUT2D eigenvalue weighted by molar-refractivity contribution is 6.30. The maximum absolute atomic E-state index is 11.3. The zero-order valence-electron chi connectivity index (χ0n) is 11.1. The molecular formula is C13H16ClNO5. The van der Waals surface area contributed by atoms with Crippen LogP contribution in [-0.4, -0.2) is 45.4 Å². The molecular weight excluding hydrogens is 286 g/mol. The molecule has 0 aliphatic carbocycles. The summed E-state index contributed by atoms with van der Waals surface area (Å²) in [6.45, 7) is 0.110. The van der Waals surface area contributed by atoms with Crippen molar-refractivity contribution in [2.75, 3.05) is 33.5 Å². The molecule has 0 spiro atoms. The van der Waals surface area contributed by atoms with Gasteiger partial charge in [0.25, 0.3) is 5.91 Å². The highest BCUT2D eigenvalue weighted by atomic mass is 35.5. The molecule has 1 aromatic carbocycles. The van der Waals surface area contributed by atoms with Crippen molar-refractivity contribution in [3.05, 3.63) is 29.3 Å². The number of amides is 1. The van der Waals surface area contributed by atoms with Gasteiger partial charge in [0.1, 0.15) is 19.0 Å². The number of esters is 1. The van der Waals surface area contributed by atoms with Gasteiger partial charge in [-0.2, -0.15) is 0 Å². The third-order valence-electron chi connectivity index (χ3n) is 2.13. The van der Waals surface area contributed by atoms with Crippen LogP contribution in [0.1, 0.15) is 0 Å². The molecule has 0 atom stereocenters. The van der Waals surface area contributed by atoms with Crippen molar-refractivity contribution in [2.24, 2.45) is 0 Å². The minimum atomic E-state index is -0.583. The Balaban J connectivity index is 2.10. The normalized spacial score (nSPS) is 9.90. The van der Waals surface area contributed by atoms with Crippen LogP contribution in [0.3, 0.4) is 0 Å². The summed E-state index contributed by atoms with van der Waals surface area (Å²) in [6, 6.07) is 6.89. The summed E-state index contributed by atoms with van der Waals surface area (Å²) in [5, 5.41) is 3.18. The van der Waals surface area contributed by atoms with Crippen molar-refractivity contribution in [1.29, 1.82) is 0 Å². The summed E-state index contributed by atoms with van der Waals surface area (Å²) in [4.78, 5) is 22.2. The van der Waals surface area contributed by atoms with E-state index in [0.29, 0.717) is 23.9 Å². The Kier molecular flexibility index (Phi) is 7.46. The molecule has 0 heterocycles. The first-order valence-corrected chi connectivity index (χ1v) is 6.29. The second-order valence-electron chi connectivity index (χ2n) is 3.75. The van der Waals surface area contributed by atoms with Gasteiger partial charge >= 0.3 is 5.97 Å². The van der Waals surface area contributed by atoms with Crippen LogP contribution in [0.15, 0.2) is 24.3 Å². The molecule has 1 rings (SSSR count). The van der Waals surface area contributed by atoms with E-state index in [1.165, 1.54) is 7.11 Å². The van der Waals surface area contributed by atoms with E-state index >= 15 is 0 Å². The van der Waals surface area contributed by atoms with Crippen molar-refractivity contribution in [3.63, 3.8) is 0 Å². The van der Waals surface area contributed by atoms with Crippen molar-refractivity contribution >= 4 is 23.5 Å². The molecule has 0 saturated carbocycles. The van der Waals surface area contributed by atoms with Crippen molar-refractivity contribution < 1.29 is 23.8 Å². The van der Waals surface area contributed by atoms with Crippen LogP contribution < -0.4 is 10.1 Å². The minimum absolute atomic E-state index is 0.174. The van der Waals surface area contributed by atoms with E-state index in [0.717, 1.165) is 0 Å². The van der Waals surface area contributed by atoms with Gasteiger partial charge in [-0.15, -0.1) is 0 Å². The average molecular weight is 302 g/mol. The number of rotatable bonds is 8. The second-order valence-corrected chi connectivity index (χ2v) is 4.18. The smallest absolute Gasteiger partial charge is 0.332 e. The number of benzene rings is 1. The molecule has 0 aliphatic rings. The zero-order valence-corrected chi connectivity index (χ0v) is 11.8. The van der Waals surface area contributed by atoms with E-state index in [4.69, 9.17) is 16.3 Å². The van der Waals surface area contributed by atoms with Crippen molar-refractivity contribution in [1.82, 2.24) is 5.32 Å². The number of carbonyl (C=O) groups is 2. The summed E-state index contributed by atoms with van der Waals surface area (Å²) in [5.74, 6) is -0.315.